The van der Waals surface area contributed by atoms with E-state index in [0.29, 0.717) is 17.9 Å². The van der Waals surface area contributed by atoms with Crippen molar-refractivity contribution in [3.8, 4) is 11.5 Å². The minimum absolute atomic E-state index is 0.127. The van der Waals surface area contributed by atoms with Gasteiger partial charge in [0.2, 0.25) is 0 Å². The highest BCUT2D eigenvalue weighted by molar-refractivity contribution is 5.42. The summed E-state index contributed by atoms with van der Waals surface area (Å²) in [5.74, 6) is 1.38. The van der Waals surface area contributed by atoms with E-state index in [0.717, 1.165) is 5.56 Å². The van der Waals surface area contributed by atoms with Crippen molar-refractivity contribution in [3.63, 3.8) is 0 Å². The van der Waals surface area contributed by atoms with Crippen molar-refractivity contribution in [1.29, 1.82) is 0 Å². The van der Waals surface area contributed by atoms with E-state index in [9.17, 15) is 5.11 Å². The zero-order valence-corrected chi connectivity index (χ0v) is 11.6. The van der Waals surface area contributed by atoms with Gasteiger partial charge in [-0.05, 0) is 26.3 Å². The van der Waals surface area contributed by atoms with E-state index in [1.54, 1.807) is 20.1 Å². The van der Waals surface area contributed by atoms with Crippen LogP contribution in [0.1, 0.15) is 38.8 Å². The molecule has 0 radical (unpaired) electrons. The fourth-order valence-electron chi connectivity index (χ4n) is 1.48. The number of hydrogen-bond donors (Lipinski definition) is 2. The molecule has 0 aliphatic carbocycles. The maximum atomic E-state index is 9.95. The number of ether oxygens (including phenoxy) is 2. The smallest absolute Gasteiger partial charge is 0.127 e. The van der Waals surface area contributed by atoms with E-state index in [4.69, 9.17) is 15.2 Å². The Hall–Kier alpha value is -1.26. The minimum atomic E-state index is -0.835. The maximum Gasteiger partial charge on any atom is 0.127 e. The lowest BCUT2D eigenvalue weighted by atomic mass is 10.0. The first kappa shape index (κ1) is 14.8. The summed E-state index contributed by atoms with van der Waals surface area (Å²) in [4.78, 5) is 0. The molecule has 1 aromatic carbocycles. The van der Waals surface area contributed by atoms with Crippen LogP contribution in [0, 0.1) is 0 Å². The summed E-state index contributed by atoms with van der Waals surface area (Å²) >= 11 is 0. The molecule has 0 spiro atoms. The standard InChI is InChI=1S/C14H23NO3/c1-5-14(3,16)9-18-13-8-11(17-4)6-7-12(13)10(2)15/h6-8,10,16H,5,9,15H2,1-4H3/t10-,14?/m1/s1. The van der Waals surface area contributed by atoms with Crippen LogP contribution >= 0.6 is 0 Å². The van der Waals surface area contributed by atoms with Gasteiger partial charge in [-0.1, -0.05) is 13.0 Å². The molecule has 2 atom stereocenters. The van der Waals surface area contributed by atoms with Gasteiger partial charge in [0.05, 0.1) is 12.7 Å². The first-order chi connectivity index (χ1) is 8.39. The van der Waals surface area contributed by atoms with Crippen LogP contribution in [0.25, 0.3) is 0 Å². The predicted molar refractivity (Wildman–Crippen MR) is 72.0 cm³/mol. The second kappa shape index (κ2) is 6.07. The van der Waals surface area contributed by atoms with Gasteiger partial charge < -0.3 is 20.3 Å². The van der Waals surface area contributed by atoms with Gasteiger partial charge in [0.25, 0.3) is 0 Å². The molecule has 0 amide bonds. The largest absolute Gasteiger partial charge is 0.497 e. The number of hydrogen-bond acceptors (Lipinski definition) is 4. The molecule has 0 heterocycles. The van der Waals surface area contributed by atoms with Crippen LogP contribution < -0.4 is 15.2 Å². The fraction of sp³-hybridized carbons (Fsp3) is 0.571. The molecular weight excluding hydrogens is 230 g/mol. The number of aliphatic hydroxyl groups is 1. The maximum absolute atomic E-state index is 9.95. The Bertz CT molecular complexity index is 389. The van der Waals surface area contributed by atoms with Crippen molar-refractivity contribution in [3.05, 3.63) is 23.8 Å². The molecule has 1 aromatic rings. The van der Waals surface area contributed by atoms with Gasteiger partial charge >= 0.3 is 0 Å². The Morgan fingerprint density at radius 1 is 1.44 bits per heavy atom. The quantitative estimate of drug-likeness (QED) is 0.816. The molecule has 1 rings (SSSR count). The molecule has 0 aliphatic heterocycles. The molecule has 3 N–H and O–H groups in total. The summed E-state index contributed by atoms with van der Waals surface area (Å²) < 4.78 is 10.9. The Balaban J connectivity index is 2.91. The summed E-state index contributed by atoms with van der Waals surface area (Å²) in [5.41, 5.74) is 5.96. The van der Waals surface area contributed by atoms with Crippen LogP contribution in [0.15, 0.2) is 18.2 Å². The minimum Gasteiger partial charge on any atom is -0.497 e. The average Bonchev–Trinajstić information content (AvgIpc) is 2.36. The van der Waals surface area contributed by atoms with Gasteiger partial charge in [0.15, 0.2) is 0 Å². The molecule has 1 unspecified atom stereocenters. The molecule has 0 aromatic heterocycles. The topological polar surface area (TPSA) is 64.7 Å². The van der Waals surface area contributed by atoms with E-state index in [-0.39, 0.29) is 12.6 Å². The Morgan fingerprint density at radius 2 is 2.11 bits per heavy atom. The number of rotatable bonds is 6. The Morgan fingerprint density at radius 3 is 2.61 bits per heavy atom. The molecule has 102 valence electrons. The third-order valence-corrected chi connectivity index (χ3v) is 3.01. The summed E-state index contributed by atoms with van der Waals surface area (Å²) in [7, 11) is 1.60. The molecule has 0 aliphatic rings. The van der Waals surface area contributed by atoms with Crippen LogP contribution in [-0.4, -0.2) is 24.4 Å². The summed E-state index contributed by atoms with van der Waals surface area (Å²) in [6, 6.07) is 5.41. The monoisotopic (exact) mass is 253 g/mol. The van der Waals surface area contributed by atoms with Gasteiger partial charge in [-0.3, -0.25) is 0 Å². The highest BCUT2D eigenvalue weighted by Crippen LogP contribution is 2.29. The zero-order chi connectivity index (χ0) is 13.8. The van der Waals surface area contributed by atoms with Crippen molar-refractivity contribution >= 4 is 0 Å². The van der Waals surface area contributed by atoms with E-state index in [2.05, 4.69) is 0 Å². The van der Waals surface area contributed by atoms with Crippen LogP contribution in [0.5, 0.6) is 11.5 Å². The lowest BCUT2D eigenvalue weighted by Gasteiger charge is -2.23. The molecule has 0 fully saturated rings. The van der Waals surface area contributed by atoms with Crippen molar-refractivity contribution < 1.29 is 14.6 Å². The normalized spacial score (nSPS) is 15.9. The third kappa shape index (κ3) is 3.89. The summed E-state index contributed by atoms with van der Waals surface area (Å²) in [6.45, 7) is 5.79. The highest BCUT2D eigenvalue weighted by Gasteiger charge is 2.20. The van der Waals surface area contributed by atoms with Gasteiger partial charge in [-0.25, -0.2) is 0 Å². The molecule has 0 saturated heterocycles. The van der Waals surface area contributed by atoms with Crippen molar-refractivity contribution in [2.45, 2.75) is 38.8 Å². The van der Waals surface area contributed by atoms with E-state index in [1.807, 2.05) is 26.0 Å². The number of benzene rings is 1. The predicted octanol–water partition coefficient (Wildman–Crippen LogP) is 2.25. The van der Waals surface area contributed by atoms with Crippen molar-refractivity contribution in [2.24, 2.45) is 5.73 Å². The SMILES string of the molecule is CCC(C)(O)COc1cc(OC)ccc1[C@@H](C)N. The van der Waals surface area contributed by atoms with Gasteiger partial charge in [0, 0.05) is 17.7 Å². The zero-order valence-electron chi connectivity index (χ0n) is 11.6. The molecular formula is C14H23NO3. The van der Waals surface area contributed by atoms with Crippen LogP contribution in [0.4, 0.5) is 0 Å². The van der Waals surface area contributed by atoms with Crippen molar-refractivity contribution in [2.75, 3.05) is 13.7 Å². The van der Waals surface area contributed by atoms with Crippen LogP contribution in [0.2, 0.25) is 0 Å². The second-order valence-corrected chi connectivity index (χ2v) is 4.83. The van der Waals surface area contributed by atoms with Crippen LogP contribution in [-0.2, 0) is 0 Å². The third-order valence-electron chi connectivity index (χ3n) is 3.01. The molecule has 4 heteroatoms. The Kier molecular flexibility index (Phi) is 4.99. The lowest BCUT2D eigenvalue weighted by molar-refractivity contribution is 0.00803. The van der Waals surface area contributed by atoms with E-state index >= 15 is 0 Å². The molecule has 4 nitrogen and oxygen atoms in total. The van der Waals surface area contributed by atoms with Gasteiger partial charge in [0.1, 0.15) is 18.1 Å². The van der Waals surface area contributed by atoms with E-state index < -0.39 is 5.60 Å². The van der Waals surface area contributed by atoms with Crippen LogP contribution in [0.3, 0.4) is 0 Å². The van der Waals surface area contributed by atoms with E-state index in [1.165, 1.54) is 0 Å². The summed E-state index contributed by atoms with van der Waals surface area (Å²) in [5, 5.41) is 9.95. The lowest BCUT2D eigenvalue weighted by Crippen LogP contribution is -2.31. The molecule has 18 heavy (non-hydrogen) atoms. The van der Waals surface area contributed by atoms with Gasteiger partial charge in [-0.2, -0.15) is 0 Å². The second-order valence-electron chi connectivity index (χ2n) is 4.83. The number of nitrogens with two attached hydrogens (primary N) is 1. The van der Waals surface area contributed by atoms with Gasteiger partial charge in [-0.15, -0.1) is 0 Å². The number of methoxy groups -OCH3 is 1. The fourth-order valence-corrected chi connectivity index (χ4v) is 1.48. The summed E-state index contributed by atoms with van der Waals surface area (Å²) in [6.07, 6.45) is 0.629. The molecule has 0 bridgehead atoms. The highest BCUT2D eigenvalue weighted by atomic mass is 16.5. The first-order valence-corrected chi connectivity index (χ1v) is 6.18. The molecule has 0 saturated carbocycles. The Labute approximate surface area is 109 Å². The van der Waals surface area contributed by atoms with Crippen molar-refractivity contribution in [1.82, 2.24) is 0 Å². The average molecular weight is 253 g/mol. The first-order valence-electron chi connectivity index (χ1n) is 6.18.